The number of hydrogen-bond acceptors (Lipinski definition) is 4. The lowest BCUT2D eigenvalue weighted by atomic mass is 9.98. The van der Waals surface area contributed by atoms with E-state index in [0.29, 0.717) is 11.3 Å². The second-order valence-corrected chi connectivity index (χ2v) is 5.42. The van der Waals surface area contributed by atoms with E-state index in [1.807, 2.05) is 43.3 Å². The molecule has 5 nitrogen and oxygen atoms in total. The minimum Gasteiger partial charge on any atom is -0.456 e. The maximum Gasteiger partial charge on any atom is 0.306 e. The fraction of sp³-hybridized carbons (Fsp3) is 0.211. The summed E-state index contributed by atoms with van der Waals surface area (Å²) in [5, 5.41) is 11.4. The van der Waals surface area contributed by atoms with Crippen LogP contribution in [0.3, 0.4) is 0 Å². The van der Waals surface area contributed by atoms with Crippen molar-refractivity contribution in [1.82, 2.24) is 0 Å². The van der Waals surface area contributed by atoms with Crippen LogP contribution in [0, 0.1) is 11.3 Å². The molecule has 1 atom stereocenters. The van der Waals surface area contributed by atoms with Crippen LogP contribution < -0.4 is 5.32 Å². The summed E-state index contributed by atoms with van der Waals surface area (Å²) < 4.78 is 5.01. The zero-order valence-corrected chi connectivity index (χ0v) is 13.4. The molecule has 122 valence electrons. The van der Waals surface area contributed by atoms with Gasteiger partial charge >= 0.3 is 5.97 Å². The Balaban J connectivity index is 1.79. The number of rotatable bonds is 6. The van der Waals surface area contributed by atoms with E-state index in [1.165, 1.54) is 0 Å². The highest BCUT2D eigenvalue weighted by Crippen LogP contribution is 2.18. The van der Waals surface area contributed by atoms with Crippen molar-refractivity contribution in [1.29, 1.82) is 5.26 Å². The van der Waals surface area contributed by atoms with E-state index in [4.69, 9.17) is 10.00 Å². The van der Waals surface area contributed by atoms with Gasteiger partial charge < -0.3 is 10.1 Å². The van der Waals surface area contributed by atoms with E-state index in [2.05, 4.69) is 5.32 Å². The maximum atomic E-state index is 11.8. The molecular weight excluding hydrogens is 304 g/mol. The van der Waals surface area contributed by atoms with E-state index < -0.39 is 11.9 Å². The Morgan fingerprint density at radius 1 is 1.17 bits per heavy atom. The number of hydrogen-bond donors (Lipinski definition) is 1. The molecule has 2 aromatic carbocycles. The van der Waals surface area contributed by atoms with Gasteiger partial charge in [-0.3, -0.25) is 9.59 Å². The first-order valence-corrected chi connectivity index (χ1v) is 7.59. The summed E-state index contributed by atoms with van der Waals surface area (Å²) >= 11 is 0. The molecule has 0 aliphatic rings. The summed E-state index contributed by atoms with van der Waals surface area (Å²) in [6.07, 6.45) is 0.210. The van der Waals surface area contributed by atoms with Gasteiger partial charge in [-0.25, -0.2) is 0 Å². The molecule has 0 unspecified atom stereocenters. The van der Waals surface area contributed by atoms with Gasteiger partial charge in [-0.1, -0.05) is 43.3 Å². The minimum atomic E-state index is -0.439. The lowest BCUT2D eigenvalue weighted by molar-refractivity contribution is -0.147. The Hall–Kier alpha value is -3.13. The van der Waals surface area contributed by atoms with Crippen LogP contribution in [0.25, 0.3) is 0 Å². The topological polar surface area (TPSA) is 79.2 Å². The Morgan fingerprint density at radius 2 is 1.92 bits per heavy atom. The van der Waals surface area contributed by atoms with Crippen molar-refractivity contribution in [3.8, 4) is 6.07 Å². The van der Waals surface area contributed by atoms with E-state index in [1.54, 1.807) is 24.3 Å². The molecule has 1 N–H and O–H groups in total. The summed E-state index contributed by atoms with van der Waals surface area (Å²) in [6.45, 7) is 1.58. The van der Waals surface area contributed by atoms with Crippen molar-refractivity contribution in [3.05, 3.63) is 65.7 Å². The number of amides is 1. The van der Waals surface area contributed by atoms with Gasteiger partial charge in [0.15, 0.2) is 6.61 Å². The predicted molar refractivity (Wildman–Crippen MR) is 90.2 cm³/mol. The summed E-state index contributed by atoms with van der Waals surface area (Å²) in [6, 6.07) is 18.2. The number of carbonyl (C=O) groups excluding carboxylic acids is 2. The standard InChI is InChI=1S/C19H18N2O3/c1-14(16-7-3-2-4-8-16)10-19(23)24-13-18(22)21-17-9-5-6-15(11-17)12-20/h2-9,11,14H,10,13H2,1H3,(H,21,22)/t14-/m0/s1. The summed E-state index contributed by atoms with van der Waals surface area (Å²) in [5.41, 5.74) is 1.99. The lowest BCUT2D eigenvalue weighted by Crippen LogP contribution is -2.21. The van der Waals surface area contributed by atoms with Gasteiger partial charge in [-0.2, -0.15) is 5.26 Å². The monoisotopic (exact) mass is 322 g/mol. The van der Waals surface area contributed by atoms with Crippen LogP contribution >= 0.6 is 0 Å². The van der Waals surface area contributed by atoms with Gasteiger partial charge in [-0.05, 0) is 29.7 Å². The molecule has 2 rings (SSSR count). The van der Waals surface area contributed by atoms with Crippen LogP contribution in [-0.4, -0.2) is 18.5 Å². The lowest BCUT2D eigenvalue weighted by Gasteiger charge is -2.11. The number of benzene rings is 2. The zero-order chi connectivity index (χ0) is 17.4. The molecule has 5 heteroatoms. The molecule has 0 saturated carbocycles. The third-order valence-corrected chi connectivity index (χ3v) is 3.48. The number of carbonyl (C=O) groups is 2. The van der Waals surface area contributed by atoms with Crippen LogP contribution in [0.4, 0.5) is 5.69 Å². The zero-order valence-electron chi connectivity index (χ0n) is 13.4. The second kappa shape index (κ2) is 8.49. The van der Waals surface area contributed by atoms with Gasteiger partial charge in [0.05, 0.1) is 18.1 Å². The maximum absolute atomic E-state index is 11.8. The van der Waals surface area contributed by atoms with Crippen LogP contribution in [0.2, 0.25) is 0 Å². The molecule has 0 aliphatic heterocycles. The van der Waals surface area contributed by atoms with Gasteiger partial charge in [0.1, 0.15) is 0 Å². The Labute approximate surface area is 140 Å². The quantitative estimate of drug-likeness (QED) is 0.828. The smallest absolute Gasteiger partial charge is 0.306 e. The molecule has 24 heavy (non-hydrogen) atoms. The fourth-order valence-electron chi connectivity index (χ4n) is 2.22. The third-order valence-electron chi connectivity index (χ3n) is 3.48. The van der Waals surface area contributed by atoms with E-state index >= 15 is 0 Å². The molecule has 0 aromatic heterocycles. The first-order valence-electron chi connectivity index (χ1n) is 7.59. The molecule has 0 bridgehead atoms. The van der Waals surface area contributed by atoms with Gasteiger partial charge in [-0.15, -0.1) is 0 Å². The Kier molecular flexibility index (Phi) is 6.09. The van der Waals surface area contributed by atoms with Crippen LogP contribution in [-0.2, 0) is 14.3 Å². The van der Waals surface area contributed by atoms with Crippen molar-refractivity contribution in [2.24, 2.45) is 0 Å². The van der Waals surface area contributed by atoms with Gasteiger partial charge in [0, 0.05) is 5.69 Å². The van der Waals surface area contributed by atoms with Crippen molar-refractivity contribution in [3.63, 3.8) is 0 Å². The van der Waals surface area contributed by atoms with Gasteiger partial charge in [0.25, 0.3) is 5.91 Å². The van der Waals surface area contributed by atoms with Crippen molar-refractivity contribution < 1.29 is 14.3 Å². The van der Waals surface area contributed by atoms with E-state index in [9.17, 15) is 9.59 Å². The van der Waals surface area contributed by atoms with Crippen molar-refractivity contribution in [2.45, 2.75) is 19.3 Å². The number of nitriles is 1. The molecule has 0 radical (unpaired) electrons. The first kappa shape index (κ1) is 17.2. The van der Waals surface area contributed by atoms with Crippen LogP contribution in [0.1, 0.15) is 30.4 Å². The largest absolute Gasteiger partial charge is 0.456 e. The third kappa shape index (κ3) is 5.25. The van der Waals surface area contributed by atoms with Crippen LogP contribution in [0.15, 0.2) is 54.6 Å². The summed E-state index contributed by atoms with van der Waals surface area (Å²) in [4.78, 5) is 23.6. The average Bonchev–Trinajstić information content (AvgIpc) is 2.61. The SMILES string of the molecule is C[C@@H](CC(=O)OCC(=O)Nc1cccc(C#N)c1)c1ccccc1. The number of nitrogens with zero attached hydrogens (tertiary/aromatic N) is 1. The molecule has 0 aliphatic carbocycles. The molecule has 2 aromatic rings. The van der Waals surface area contributed by atoms with Crippen LogP contribution in [0.5, 0.6) is 0 Å². The van der Waals surface area contributed by atoms with Crippen molar-refractivity contribution >= 4 is 17.6 Å². The molecule has 0 fully saturated rings. The number of esters is 1. The summed E-state index contributed by atoms with van der Waals surface area (Å²) in [7, 11) is 0. The highest BCUT2D eigenvalue weighted by molar-refractivity contribution is 5.92. The predicted octanol–water partition coefficient (Wildman–Crippen LogP) is 3.23. The van der Waals surface area contributed by atoms with Gasteiger partial charge in [0.2, 0.25) is 0 Å². The molecule has 0 heterocycles. The fourth-order valence-corrected chi connectivity index (χ4v) is 2.22. The Morgan fingerprint density at radius 3 is 2.62 bits per heavy atom. The number of nitrogens with one attached hydrogen (secondary N) is 1. The molecule has 1 amide bonds. The number of ether oxygens (including phenoxy) is 1. The van der Waals surface area contributed by atoms with Crippen molar-refractivity contribution in [2.75, 3.05) is 11.9 Å². The normalized spacial score (nSPS) is 11.2. The number of anilines is 1. The first-order chi connectivity index (χ1) is 11.6. The highest BCUT2D eigenvalue weighted by atomic mass is 16.5. The average molecular weight is 322 g/mol. The minimum absolute atomic E-state index is 0.0223. The highest BCUT2D eigenvalue weighted by Gasteiger charge is 2.13. The molecule has 0 spiro atoms. The van der Waals surface area contributed by atoms with E-state index in [0.717, 1.165) is 5.56 Å². The molecular formula is C19H18N2O3. The van der Waals surface area contributed by atoms with E-state index in [-0.39, 0.29) is 18.9 Å². The Bertz CT molecular complexity index is 751. The molecule has 0 saturated heterocycles. The second-order valence-electron chi connectivity index (χ2n) is 5.42. The summed E-state index contributed by atoms with van der Waals surface area (Å²) in [5.74, 6) is -0.841.